The van der Waals surface area contributed by atoms with Gasteiger partial charge in [-0.05, 0) is 65.4 Å². The Balaban J connectivity index is 1.62. The number of carbonyl (C=O) groups excluding carboxylic acids is 2. The second-order valence-corrected chi connectivity index (χ2v) is 13.6. The molecule has 16 heteroatoms. The van der Waals surface area contributed by atoms with Crippen LogP contribution < -0.4 is 10.6 Å². The minimum Gasteiger partial charge on any atom is -0.444 e. The highest BCUT2D eigenvalue weighted by Crippen LogP contribution is 2.44. The van der Waals surface area contributed by atoms with Gasteiger partial charge in [0, 0.05) is 38.0 Å². The molecule has 2 amide bonds. The van der Waals surface area contributed by atoms with Crippen molar-refractivity contribution >= 4 is 29.2 Å². The highest BCUT2D eigenvalue weighted by Gasteiger charge is 2.49. The Labute approximate surface area is 262 Å². The number of amides is 2. The predicted octanol–water partition coefficient (Wildman–Crippen LogP) is 6.33. The highest BCUT2D eigenvalue weighted by molar-refractivity contribution is 6.30. The molecule has 0 radical (unpaired) electrons. The number of imidazole rings is 1. The molecule has 1 aliphatic heterocycles. The molecule has 2 fully saturated rings. The Morgan fingerprint density at radius 1 is 1.13 bits per heavy atom. The third kappa shape index (κ3) is 9.16. The van der Waals surface area contributed by atoms with Gasteiger partial charge >= 0.3 is 12.3 Å². The van der Waals surface area contributed by atoms with Gasteiger partial charge in [0.2, 0.25) is 11.8 Å². The van der Waals surface area contributed by atoms with Gasteiger partial charge in [0.15, 0.2) is 16.4 Å². The molecule has 2 aromatic rings. The quantitative estimate of drug-likeness (QED) is 0.285. The monoisotopic (exact) mass is 667 g/mol. The molecule has 1 aliphatic carbocycles. The highest BCUT2D eigenvalue weighted by atomic mass is 35.5. The maximum atomic E-state index is 13.5. The fourth-order valence-corrected chi connectivity index (χ4v) is 5.52. The maximum Gasteiger partial charge on any atom is 0.416 e. The predicted molar refractivity (Wildman–Crippen MR) is 153 cm³/mol. The zero-order valence-electron chi connectivity index (χ0n) is 25.8. The number of halogens is 6. The van der Waals surface area contributed by atoms with Crippen LogP contribution >= 0.6 is 11.6 Å². The average Bonchev–Trinajstić information content (AvgIpc) is 3.29. The van der Waals surface area contributed by atoms with E-state index in [0.717, 1.165) is 13.8 Å². The number of alkyl halides is 5. The zero-order chi connectivity index (χ0) is 33.4. The Morgan fingerprint density at radius 3 is 2.36 bits per heavy atom. The van der Waals surface area contributed by atoms with Crippen LogP contribution in [0.1, 0.15) is 90.1 Å². The van der Waals surface area contributed by atoms with Crippen molar-refractivity contribution in [3.8, 4) is 0 Å². The third-order valence-electron chi connectivity index (χ3n) is 7.83. The van der Waals surface area contributed by atoms with Crippen LogP contribution in [0.15, 0.2) is 12.3 Å². The van der Waals surface area contributed by atoms with Gasteiger partial charge in [0.1, 0.15) is 5.60 Å². The van der Waals surface area contributed by atoms with E-state index in [1.54, 1.807) is 26.8 Å². The summed E-state index contributed by atoms with van der Waals surface area (Å²) >= 11 is 6.62. The van der Waals surface area contributed by atoms with Crippen molar-refractivity contribution in [1.29, 1.82) is 0 Å². The van der Waals surface area contributed by atoms with Crippen LogP contribution in [0.4, 0.5) is 26.7 Å². The minimum atomic E-state index is -4.69. The molecule has 1 unspecified atom stereocenters. The van der Waals surface area contributed by atoms with Crippen molar-refractivity contribution in [3.63, 3.8) is 0 Å². The maximum absolute atomic E-state index is 13.5. The molecule has 0 bridgehead atoms. The summed E-state index contributed by atoms with van der Waals surface area (Å²) in [6.45, 7) is 6.97. The van der Waals surface area contributed by atoms with Gasteiger partial charge < -0.3 is 24.8 Å². The van der Waals surface area contributed by atoms with Crippen molar-refractivity contribution in [2.24, 2.45) is 11.8 Å². The lowest BCUT2D eigenvalue weighted by Gasteiger charge is -2.36. The van der Waals surface area contributed by atoms with Gasteiger partial charge in [-0.2, -0.15) is 18.3 Å². The molecule has 0 aromatic carbocycles. The van der Waals surface area contributed by atoms with Crippen molar-refractivity contribution in [2.45, 2.75) is 102 Å². The standard InChI is InChI=1S/C29H39ClF5N5O5/c1-26(2,3)45-25(42)37-20(15-44-27(4,5)29(33,34)35)19-14-40-21(36-19)11-18(24(30)39-40)23(17-6-8-43-9-7-17)38-22(41)10-16-12-28(31,32)13-16/h11,14,16-17,20,23H,6-10,12-13,15H2,1-5H3,(H,37,42)(H,38,41)/t20-,23?/m0/s1. The van der Waals surface area contributed by atoms with Gasteiger partial charge in [-0.15, -0.1) is 0 Å². The van der Waals surface area contributed by atoms with Crippen molar-refractivity contribution in [3.05, 3.63) is 28.7 Å². The molecule has 45 heavy (non-hydrogen) atoms. The summed E-state index contributed by atoms with van der Waals surface area (Å²) in [4.78, 5) is 30.1. The number of ether oxygens (including phenoxy) is 3. The minimum absolute atomic E-state index is 0.0320. The number of fused-ring (bicyclic) bond motifs is 1. The van der Waals surface area contributed by atoms with Crippen LogP contribution in [-0.2, 0) is 19.0 Å². The number of nitrogens with one attached hydrogen (secondary N) is 2. The molecule has 2 atom stereocenters. The van der Waals surface area contributed by atoms with Crippen molar-refractivity contribution in [1.82, 2.24) is 25.2 Å². The number of alkyl carbamates (subject to hydrolysis) is 1. The van der Waals surface area contributed by atoms with Crippen LogP contribution in [0.25, 0.3) is 5.65 Å². The second-order valence-electron chi connectivity index (χ2n) is 13.2. The molecule has 2 N–H and O–H groups in total. The number of hydrogen-bond donors (Lipinski definition) is 2. The number of nitrogens with zero attached hydrogens (tertiary/aromatic N) is 3. The zero-order valence-corrected chi connectivity index (χ0v) is 26.5. The Bertz CT molecular complexity index is 1370. The average molecular weight is 668 g/mol. The van der Waals surface area contributed by atoms with E-state index in [2.05, 4.69) is 20.7 Å². The summed E-state index contributed by atoms with van der Waals surface area (Å²) in [5.74, 6) is -3.65. The van der Waals surface area contributed by atoms with Crippen LogP contribution in [0.3, 0.4) is 0 Å². The molecular formula is C29H39ClF5N5O5. The molecule has 2 aromatic heterocycles. The van der Waals surface area contributed by atoms with Gasteiger partial charge in [-0.3, -0.25) is 4.79 Å². The van der Waals surface area contributed by atoms with E-state index < -0.39 is 59.9 Å². The van der Waals surface area contributed by atoms with Crippen LogP contribution in [0.2, 0.25) is 5.15 Å². The summed E-state index contributed by atoms with van der Waals surface area (Å²) in [7, 11) is 0. The van der Waals surface area contributed by atoms with Gasteiger partial charge in [-0.25, -0.2) is 23.1 Å². The summed E-state index contributed by atoms with van der Waals surface area (Å²) < 4.78 is 84.6. The van der Waals surface area contributed by atoms with E-state index in [-0.39, 0.29) is 41.7 Å². The summed E-state index contributed by atoms with van der Waals surface area (Å²) in [6.07, 6.45) is -3.71. The fraction of sp³-hybridized carbons (Fsp3) is 0.724. The number of carbonyl (C=O) groups is 2. The molecular weight excluding hydrogens is 629 g/mol. The second kappa shape index (κ2) is 13.1. The lowest BCUT2D eigenvalue weighted by atomic mass is 9.79. The normalized spacial score (nSPS) is 19.5. The van der Waals surface area contributed by atoms with E-state index in [1.165, 1.54) is 10.7 Å². The lowest BCUT2D eigenvalue weighted by molar-refractivity contribution is -0.265. The molecule has 252 valence electrons. The first-order chi connectivity index (χ1) is 20.7. The topological polar surface area (TPSA) is 116 Å². The summed E-state index contributed by atoms with van der Waals surface area (Å²) in [5.41, 5.74) is -2.62. The Morgan fingerprint density at radius 2 is 1.78 bits per heavy atom. The van der Waals surface area contributed by atoms with E-state index in [1.807, 2.05) is 0 Å². The largest absolute Gasteiger partial charge is 0.444 e. The van der Waals surface area contributed by atoms with E-state index >= 15 is 0 Å². The number of rotatable bonds is 10. The third-order valence-corrected chi connectivity index (χ3v) is 8.12. The van der Waals surface area contributed by atoms with E-state index in [9.17, 15) is 31.5 Å². The van der Waals surface area contributed by atoms with Crippen molar-refractivity contribution < 1.29 is 45.8 Å². The Hall–Kier alpha value is -2.78. The number of hydrogen-bond acceptors (Lipinski definition) is 7. The van der Waals surface area contributed by atoms with Crippen LogP contribution in [0.5, 0.6) is 0 Å². The van der Waals surface area contributed by atoms with Crippen LogP contribution in [-0.4, -0.2) is 69.7 Å². The fourth-order valence-electron chi connectivity index (χ4n) is 5.27. The van der Waals surface area contributed by atoms with Gasteiger partial charge in [0.05, 0.1) is 30.6 Å². The summed E-state index contributed by atoms with van der Waals surface area (Å²) in [5, 5.41) is 9.89. The van der Waals surface area contributed by atoms with Gasteiger partial charge in [-0.1, -0.05) is 11.6 Å². The SMILES string of the molecule is CC(C)(C)OC(=O)N[C@@H](COC(C)(C)C(F)(F)F)c1cn2nc(Cl)c(C(NC(=O)CC3CC(F)(F)C3)C3CCOCC3)cc2n1. The first-order valence-corrected chi connectivity index (χ1v) is 15.1. The molecule has 1 saturated carbocycles. The van der Waals surface area contributed by atoms with E-state index in [0.29, 0.717) is 31.6 Å². The van der Waals surface area contributed by atoms with Gasteiger partial charge in [0.25, 0.3) is 0 Å². The first kappa shape index (κ1) is 35.1. The molecule has 3 heterocycles. The first-order valence-electron chi connectivity index (χ1n) is 14.7. The van der Waals surface area contributed by atoms with Crippen LogP contribution in [0, 0.1) is 11.8 Å². The Kier molecular flexibility index (Phi) is 10.2. The molecule has 4 rings (SSSR count). The molecule has 1 saturated heterocycles. The lowest BCUT2D eigenvalue weighted by Crippen LogP contribution is -2.44. The molecule has 10 nitrogen and oxygen atoms in total. The van der Waals surface area contributed by atoms with E-state index in [4.69, 9.17) is 25.8 Å². The molecule has 0 spiro atoms. The number of aromatic nitrogens is 3. The molecule has 2 aliphatic rings. The smallest absolute Gasteiger partial charge is 0.416 e. The summed E-state index contributed by atoms with van der Waals surface area (Å²) in [6, 6.07) is -0.197. The van der Waals surface area contributed by atoms with Crippen molar-refractivity contribution in [2.75, 3.05) is 19.8 Å².